The summed E-state index contributed by atoms with van der Waals surface area (Å²) in [6.07, 6.45) is 0. The first-order valence-electron chi connectivity index (χ1n) is 9.24. The number of carbonyl (C=O) groups is 2. The molecule has 0 spiro atoms. The fourth-order valence-electron chi connectivity index (χ4n) is 3.00. The molecule has 0 aliphatic heterocycles. The maximum absolute atomic E-state index is 12.7. The minimum atomic E-state index is -0.398. The minimum Gasteiger partial charge on any atom is -0.462 e. The number of rotatable bonds is 5. The number of anilines is 1. The van der Waals surface area contributed by atoms with Crippen LogP contribution in [-0.2, 0) is 4.74 Å². The van der Waals surface area contributed by atoms with Crippen LogP contribution in [0.25, 0.3) is 11.1 Å². The van der Waals surface area contributed by atoms with Crippen LogP contribution in [0.4, 0.5) is 5.69 Å². The zero-order valence-electron chi connectivity index (χ0n) is 16.3. The Morgan fingerprint density at radius 1 is 0.929 bits per heavy atom. The van der Waals surface area contributed by atoms with Crippen LogP contribution in [0.5, 0.6) is 0 Å². The Morgan fingerprint density at radius 3 is 2.25 bits per heavy atom. The van der Waals surface area contributed by atoms with Crippen molar-refractivity contribution in [1.82, 2.24) is 0 Å². The molecular formula is C24H23NO3. The molecule has 0 bridgehead atoms. The van der Waals surface area contributed by atoms with Gasteiger partial charge in [0.15, 0.2) is 0 Å². The Hall–Kier alpha value is -3.40. The van der Waals surface area contributed by atoms with E-state index in [4.69, 9.17) is 4.74 Å². The minimum absolute atomic E-state index is 0.229. The summed E-state index contributed by atoms with van der Waals surface area (Å²) < 4.78 is 5.16. The Labute approximate surface area is 165 Å². The SMILES string of the molecule is CCOC(=O)c1cc(NC(=O)c2ccccc2)c(-c2ccc(C)cc2)cc1C. The van der Waals surface area contributed by atoms with E-state index in [1.807, 2.05) is 62.4 Å². The molecule has 3 aromatic carbocycles. The summed E-state index contributed by atoms with van der Waals surface area (Å²) in [6.45, 7) is 5.96. The molecule has 142 valence electrons. The van der Waals surface area contributed by atoms with E-state index >= 15 is 0 Å². The highest BCUT2D eigenvalue weighted by Crippen LogP contribution is 2.32. The van der Waals surface area contributed by atoms with Gasteiger partial charge in [0.05, 0.1) is 12.2 Å². The molecule has 0 saturated carbocycles. The van der Waals surface area contributed by atoms with Gasteiger partial charge in [-0.3, -0.25) is 4.79 Å². The van der Waals surface area contributed by atoms with Crippen molar-refractivity contribution < 1.29 is 14.3 Å². The van der Waals surface area contributed by atoms with Crippen LogP contribution in [0, 0.1) is 13.8 Å². The predicted molar refractivity (Wildman–Crippen MR) is 112 cm³/mol. The van der Waals surface area contributed by atoms with Crippen molar-refractivity contribution in [3.05, 3.63) is 89.0 Å². The quantitative estimate of drug-likeness (QED) is 0.609. The van der Waals surface area contributed by atoms with Crippen LogP contribution in [0.2, 0.25) is 0 Å². The van der Waals surface area contributed by atoms with Crippen molar-refractivity contribution >= 4 is 17.6 Å². The number of ether oxygens (including phenoxy) is 1. The third-order valence-corrected chi connectivity index (χ3v) is 4.51. The second kappa shape index (κ2) is 8.53. The van der Waals surface area contributed by atoms with Crippen molar-refractivity contribution in [2.75, 3.05) is 11.9 Å². The summed E-state index contributed by atoms with van der Waals surface area (Å²) in [5, 5.41) is 2.96. The van der Waals surface area contributed by atoms with Gasteiger partial charge in [0.2, 0.25) is 0 Å². The van der Waals surface area contributed by atoms with E-state index in [-0.39, 0.29) is 5.91 Å². The number of benzene rings is 3. The second-order valence-corrected chi connectivity index (χ2v) is 6.62. The van der Waals surface area contributed by atoms with E-state index in [1.54, 1.807) is 25.1 Å². The maximum atomic E-state index is 12.7. The van der Waals surface area contributed by atoms with Crippen molar-refractivity contribution in [3.8, 4) is 11.1 Å². The first kappa shape index (κ1) is 19.4. The van der Waals surface area contributed by atoms with E-state index in [9.17, 15) is 9.59 Å². The molecule has 0 aliphatic rings. The highest BCUT2D eigenvalue weighted by atomic mass is 16.5. The van der Waals surface area contributed by atoms with Gasteiger partial charge in [0, 0.05) is 16.8 Å². The smallest absolute Gasteiger partial charge is 0.338 e. The van der Waals surface area contributed by atoms with Gasteiger partial charge in [0.25, 0.3) is 5.91 Å². The lowest BCUT2D eigenvalue weighted by atomic mass is 9.96. The van der Waals surface area contributed by atoms with Gasteiger partial charge in [-0.2, -0.15) is 0 Å². The number of carbonyl (C=O) groups excluding carboxylic acids is 2. The molecule has 0 saturated heterocycles. The largest absolute Gasteiger partial charge is 0.462 e. The Balaban J connectivity index is 2.07. The highest BCUT2D eigenvalue weighted by molar-refractivity contribution is 6.07. The summed E-state index contributed by atoms with van der Waals surface area (Å²) in [4.78, 5) is 25.0. The van der Waals surface area contributed by atoms with Crippen molar-refractivity contribution in [2.45, 2.75) is 20.8 Å². The molecule has 0 aliphatic carbocycles. The lowest BCUT2D eigenvalue weighted by Crippen LogP contribution is -2.14. The summed E-state index contributed by atoms with van der Waals surface area (Å²) in [7, 11) is 0. The van der Waals surface area contributed by atoms with E-state index in [0.29, 0.717) is 23.4 Å². The lowest BCUT2D eigenvalue weighted by Gasteiger charge is -2.16. The third kappa shape index (κ3) is 4.29. The second-order valence-electron chi connectivity index (χ2n) is 6.62. The molecule has 28 heavy (non-hydrogen) atoms. The highest BCUT2D eigenvalue weighted by Gasteiger charge is 2.17. The number of nitrogens with one attached hydrogen (secondary N) is 1. The van der Waals surface area contributed by atoms with E-state index < -0.39 is 5.97 Å². The predicted octanol–water partition coefficient (Wildman–Crippen LogP) is 5.40. The Kier molecular flexibility index (Phi) is 5.90. The zero-order valence-corrected chi connectivity index (χ0v) is 16.3. The lowest BCUT2D eigenvalue weighted by molar-refractivity contribution is 0.0525. The van der Waals surface area contributed by atoms with Gasteiger partial charge in [0.1, 0.15) is 0 Å². The number of aryl methyl sites for hydroxylation is 2. The standard InChI is InChI=1S/C24H23NO3/c1-4-28-24(27)20-15-22(25-23(26)19-8-6-5-7-9-19)21(14-17(20)3)18-12-10-16(2)11-13-18/h5-15H,4H2,1-3H3,(H,25,26). The first-order chi connectivity index (χ1) is 13.5. The number of amides is 1. The van der Waals surface area contributed by atoms with Crippen LogP contribution in [0.3, 0.4) is 0 Å². The van der Waals surface area contributed by atoms with Crippen LogP contribution in [0.1, 0.15) is 38.8 Å². The average Bonchev–Trinajstić information content (AvgIpc) is 2.70. The van der Waals surface area contributed by atoms with E-state index in [0.717, 1.165) is 22.3 Å². The molecule has 0 aromatic heterocycles. The summed E-state index contributed by atoms with van der Waals surface area (Å²) >= 11 is 0. The van der Waals surface area contributed by atoms with Gasteiger partial charge >= 0.3 is 5.97 Å². The fraction of sp³-hybridized carbons (Fsp3) is 0.167. The molecule has 3 aromatic rings. The van der Waals surface area contributed by atoms with Crippen LogP contribution in [0.15, 0.2) is 66.7 Å². The van der Waals surface area contributed by atoms with Crippen molar-refractivity contribution in [2.24, 2.45) is 0 Å². The van der Waals surface area contributed by atoms with E-state index in [2.05, 4.69) is 5.32 Å². The van der Waals surface area contributed by atoms with Gasteiger partial charge in [-0.05, 0) is 56.2 Å². The van der Waals surface area contributed by atoms with Gasteiger partial charge in [-0.25, -0.2) is 4.79 Å². The van der Waals surface area contributed by atoms with Gasteiger partial charge < -0.3 is 10.1 Å². The summed E-state index contributed by atoms with van der Waals surface area (Å²) in [6, 6.07) is 20.7. The molecule has 0 fully saturated rings. The number of hydrogen-bond donors (Lipinski definition) is 1. The number of hydrogen-bond acceptors (Lipinski definition) is 3. The number of esters is 1. The van der Waals surface area contributed by atoms with Crippen molar-refractivity contribution in [1.29, 1.82) is 0 Å². The summed E-state index contributed by atoms with van der Waals surface area (Å²) in [5.74, 6) is -0.627. The molecule has 1 N–H and O–H groups in total. The molecular weight excluding hydrogens is 350 g/mol. The molecule has 4 nitrogen and oxygen atoms in total. The first-order valence-corrected chi connectivity index (χ1v) is 9.24. The van der Waals surface area contributed by atoms with Crippen LogP contribution < -0.4 is 5.32 Å². The fourth-order valence-corrected chi connectivity index (χ4v) is 3.00. The third-order valence-electron chi connectivity index (χ3n) is 4.51. The van der Waals surface area contributed by atoms with Crippen LogP contribution >= 0.6 is 0 Å². The van der Waals surface area contributed by atoms with E-state index in [1.165, 1.54) is 0 Å². The molecule has 0 unspecified atom stereocenters. The Morgan fingerprint density at radius 2 is 1.61 bits per heavy atom. The molecule has 0 heterocycles. The topological polar surface area (TPSA) is 55.4 Å². The maximum Gasteiger partial charge on any atom is 0.338 e. The Bertz CT molecular complexity index is 992. The molecule has 0 radical (unpaired) electrons. The normalized spacial score (nSPS) is 10.4. The van der Waals surface area contributed by atoms with Crippen molar-refractivity contribution in [3.63, 3.8) is 0 Å². The average molecular weight is 373 g/mol. The zero-order chi connectivity index (χ0) is 20.1. The monoisotopic (exact) mass is 373 g/mol. The molecule has 1 amide bonds. The summed E-state index contributed by atoms with van der Waals surface area (Å²) in [5.41, 5.74) is 5.34. The molecule has 4 heteroatoms. The van der Waals surface area contributed by atoms with Crippen LogP contribution in [-0.4, -0.2) is 18.5 Å². The molecule has 0 atom stereocenters. The van der Waals surface area contributed by atoms with Gasteiger partial charge in [-0.1, -0.05) is 48.0 Å². The van der Waals surface area contributed by atoms with Gasteiger partial charge in [-0.15, -0.1) is 0 Å². The molecule has 3 rings (SSSR count).